The molecule has 0 unspecified atom stereocenters. The minimum atomic E-state index is 0.630. The zero-order valence-corrected chi connectivity index (χ0v) is 14.8. The van der Waals surface area contributed by atoms with Crippen molar-refractivity contribution >= 4 is 6.29 Å². The molecule has 0 N–H and O–H groups in total. The number of hydrogen-bond donors (Lipinski definition) is 0. The molecule has 0 aromatic heterocycles. The highest BCUT2D eigenvalue weighted by atomic mass is 16.1. The van der Waals surface area contributed by atoms with Crippen LogP contribution in [0.2, 0.25) is 0 Å². The van der Waals surface area contributed by atoms with Gasteiger partial charge in [-0.3, -0.25) is 0 Å². The Balaban J connectivity index is 3.44. The van der Waals surface area contributed by atoms with E-state index in [1.165, 1.54) is 25.7 Å². The van der Waals surface area contributed by atoms with Crippen molar-refractivity contribution in [1.29, 1.82) is 0 Å². The van der Waals surface area contributed by atoms with Crippen LogP contribution in [0.1, 0.15) is 71.1 Å². The van der Waals surface area contributed by atoms with Gasteiger partial charge in [0.15, 0.2) is 0 Å². The second-order valence-corrected chi connectivity index (χ2v) is 5.54. The number of carbonyl (C=O) groups is 1. The molecule has 0 saturated heterocycles. The van der Waals surface area contributed by atoms with Crippen molar-refractivity contribution < 1.29 is 4.79 Å². The van der Waals surface area contributed by atoms with Crippen LogP contribution in [0.15, 0.2) is 60.8 Å². The fourth-order valence-electron chi connectivity index (χ4n) is 2.00. The van der Waals surface area contributed by atoms with E-state index >= 15 is 0 Å². The van der Waals surface area contributed by atoms with Gasteiger partial charge in [0.05, 0.1) is 0 Å². The average Bonchev–Trinajstić information content (AvgIpc) is 2.57. The summed E-state index contributed by atoms with van der Waals surface area (Å²) in [5.41, 5.74) is 0. The molecule has 0 aromatic rings. The summed E-state index contributed by atoms with van der Waals surface area (Å²) < 4.78 is 0. The van der Waals surface area contributed by atoms with E-state index in [9.17, 15) is 4.79 Å². The van der Waals surface area contributed by atoms with Crippen molar-refractivity contribution in [1.82, 2.24) is 0 Å². The van der Waals surface area contributed by atoms with Gasteiger partial charge in [0.1, 0.15) is 6.29 Å². The van der Waals surface area contributed by atoms with Gasteiger partial charge >= 0.3 is 0 Å². The summed E-state index contributed by atoms with van der Waals surface area (Å²) >= 11 is 0. The minimum Gasteiger partial charge on any atom is -0.303 e. The summed E-state index contributed by atoms with van der Waals surface area (Å²) in [6.07, 6.45) is 33.6. The third kappa shape index (κ3) is 20.4. The fraction of sp³-hybridized carbons (Fsp3) is 0.500. The van der Waals surface area contributed by atoms with Crippen LogP contribution in [0, 0.1) is 0 Å². The standard InChI is InChI=1S/C22H34O/c1-2-3-4-5-6-7-8-9-10-11-12-13-14-15-16-17-18-19-20-21-22-23/h6-7,9-10,12-13,15-16,18-19,22H,2-5,8,11,14,17,20-21H2,1H3/b7-6+,10-9+,13-12+,16-15+,19-18+. The van der Waals surface area contributed by atoms with E-state index in [1.54, 1.807) is 0 Å². The van der Waals surface area contributed by atoms with Crippen LogP contribution < -0.4 is 0 Å². The number of carbonyl (C=O) groups excluding carboxylic acids is 1. The Bertz CT molecular complexity index is 383. The maximum Gasteiger partial charge on any atom is 0.120 e. The van der Waals surface area contributed by atoms with Crippen LogP contribution in [0.4, 0.5) is 0 Å². The van der Waals surface area contributed by atoms with Crippen LogP contribution in [0.3, 0.4) is 0 Å². The summed E-state index contributed by atoms with van der Waals surface area (Å²) in [7, 11) is 0. The molecule has 0 rings (SSSR count). The SMILES string of the molecule is CCCCC/C=C/C/C=C/C/C=C/C/C=C/C/C=C/CCC=O. The van der Waals surface area contributed by atoms with Crippen molar-refractivity contribution in [3.8, 4) is 0 Å². The summed E-state index contributed by atoms with van der Waals surface area (Å²) in [6.45, 7) is 2.24. The Hall–Kier alpha value is -1.63. The molecule has 1 nitrogen and oxygen atoms in total. The van der Waals surface area contributed by atoms with Gasteiger partial charge in [0.25, 0.3) is 0 Å². The molecule has 0 heterocycles. The minimum absolute atomic E-state index is 0.630. The Labute approximate surface area is 143 Å². The van der Waals surface area contributed by atoms with Crippen molar-refractivity contribution in [2.24, 2.45) is 0 Å². The van der Waals surface area contributed by atoms with E-state index in [-0.39, 0.29) is 0 Å². The molecule has 0 aliphatic heterocycles. The van der Waals surface area contributed by atoms with Crippen LogP contribution >= 0.6 is 0 Å². The lowest BCUT2D eigenvalue weighted by molar-refractivity contribution is -0.107. The normalized spacial score (nSPS) is 12.7. The summed E-state index contributed by atoms with van der Waals surface area (Å²) in [5.74, 6) is 0. The van der Waals surface area contributed by atoms with Crippen molar-refractivity contribution in [2.45, 2.75) is 71.1 Å². The maximum absolute atomic E-state index is 10.1. The second kappa shape index (κ2) is 20.4. The van der Waals surface area contributed by atoms with Gasteiger partial charge in [0.2, 0.25) is 0 Å². The number of unbranched alkanes of at least 4 members (excludes halogenated alkanes) is 4. The highest BCUT2D eigenvalue weighted by molar-refractivity contribution is 5.49. The number of hydrogen-bond acceptors (Lipinski definition) is 1. The van der Waals surface area contributed by atoms with Crippen LogP contribution in [0.5, 0.6) is 0 Å². The van der Waals surface area contributed by atoms with Crippen molar-refractivity contribution in [2.75, 3.05) is 0 Å². The number of allylic oxidation sites excluding steroid dienone is 10. The zero-order chi connectivity index (χ0) is 16.8. The molecule has 0 saturated carbocycles. The van der Waals surface area contributed by atoms with E-state index in [0.717, 1.165) is 38.4 Å². The number of rotatable bonds is 15. The highest BCUT2D eigenvalue weighted by Gasteiger charge is 1.81. The van der Waals surface area contributed by atoms with Gasteiger partial charge in [-0.25, -0.2) is 0 Å². The van der Waals surface area contributed by atoms with Gasteiger partial charge in [-0.15, -0.1) is 0 Å². The molecule has 0 radical (unpaired) electrons. The van der Waals surface area contributed by atoms with Gasteiger partial charge < -0.3 is 4.79 Å². The Morgan fingerprint density at radius 2 is 0.957 bits per heavy atom. The largest absolute Gasteiger partial charge is 0.303 e. The first-order chi connectivity index (χ1) is 11.4. The lowest BCUT2D eigenvalue weighted by Gasteiger charge is -1.90. The van der Waals surface area contributed by atoms with Crippen LogP contribution in [-0.2, 0) is 4.79 Å². The molecule has 23 heavy (non-hydrogen) atoms. The first-order valence-electron chi connectivity index (χ1n) is 9.10. The van der Waals surface area contributed by atoms with Gasteiger partial charge in [-0.1, -0.05) is 80.5 Å². The van der Waals surface area contributed by atoms with E-state index in [4.69, 9.17) is 0 Å². The second-order valence-electron chi connectivity index (χ2n) is 5.54. The smallest absolute Gasteiger partial charge is 0.120 e. The van der Waals surface area contributed by atoms with Crippen LogP contribution in [0.25, 0.3) is 0 Å². The Kier molecular flexibility index (Phi) is 18.9. The summed E-state index contributed by atoms with van der Waals surface area (Å²) in [6, 6.07) is 0. The third-order valence-electron chi connectivity index (χ3n) is 3.35. The average molecular weight is 315 g/mol. The molecule has 0 bridgehead atoms. The molecule has 128 valence electrons. The van der Waals surface area contributed by atoms with Gasteiger partial charge in [0, 0.05) is 6.42 Å². The van der Waals surface area contributed by atoms with Gasteiger partial charge in [-0.05, 0) is 44.9 Å². The van der Waals surface area contributed by atoms with E-state index in [1.807, 2.05) is 0 Å². The third-order valence-corrected chi connectivity index (χ3v) is 3.35. The zero-order valence-electron chi connectivity index (χ0n) is 14.8. The molecule has 0 aliphatic carbocycles. The topological polar surface area (TPSA) is 17.1 Å². The van der Waals surface area contributed by atoms with Crippen molar-refractivity contribution in [3.63, 3.8) is 0 Å². The highest BCUT2D eigenvalue weighted by Crippen LogP contribution is 2.01. The predicted octanol–water partition coefficient (Wildman–Crippen LogP) is 6.89. The van der Waals surface area contributed by atoms with E-state index in [2.05, 4.69) is 67.7 Å². The summed E-state index contributed by atoms with van der Waals surface area (Å²) in [5, 5.41) is 0. The lowest BCUT2D eigenvalue weighted by Crippen LogP contribution is -1.70. The quantitative estimate of drug-likeness (QED) is 0.183. The monoisotopic (exact) mass is 314 g/mol. The molecule has 0 fully saturated rings. The van der Waals surface area contributed by atoms with E-state index in [0.29, 0.717) is 6.42 Å². The molecule has 1 heteroatoms. The Morgan fingerprint density at radius 3 is 1.39 bits per heavy atom. The van der Waals surface area contributed by atoms with Gasteiger partial charge in [-0.2, -0.15) is 0 Å². The molecule has 0 atom stereocenters. The maximum atomic E-state index is 10.1. The predicted molar refractivity (Wildman–Crippen MR) is 104 cm³/mol. The Morgan fingerprint density at radius 1 is 0.522 bits per heavy atom. The first kappa shape index (κ1) is 21.4. The summed E-state index contributed by atoms with van der Waals surface area (Å²) in [4.78, 5) is 10.1. The number of aldehydes is 1. The fourth-order valence-corrected chi connectivity index (χ4v) is 2.00. The molecule has 0 aliphatic rings. The lowest BCUT2D eigenvalue weighted by atomic mass is 10.2. The molecule has 0 aromatic carbocycles. The molecular weight excluding hydrogens is 280 g/mol. The molecule has 0 amide bonds. The molecular formula is C22H34O. The van der Waals surface area contributed by atoms with E-state index < -0.39 is 0 Å². The van der Waals surface area contributed by atoms with Crippen LogP contribution in [-0.4, -0.2) is 6.29 Å². The van der Waals surface area contributed by atoms with Crippen molar-refractivity contribution in [3.05, 3.63) is 60.8 Å². The first-order valence-corrected chi connectivity index (χ1v) is 9.10. The molecule has 0 spiro atoms.